The molecule has 0 aromatic rings. The number of nitrogens with two attached hydrogens (primary N) is 1. The molecular weight excluding hydrogens is 262 g/mol. The molecule has 5 nitrogen and oxygen atoms in total. The van der Waals surface area contributed by atoms with Crippen LogP contribution in [-0.2, 0) is 10.2 Å². The highest BCUT2D eigenvalue weighted by Crippen LogP contribution is 2.26. The molecule has 0 aromatic carbocycles. The molecule has 6 heteroatoms. The molecule has 2 saturated heterocycles. The van der Waals surface area contributed by atoms with Crippen LogP contribution in [0, 0.1) is 11.8 Å². The summed E-state index contributed by atoms with van der Waals surface area (Å²) in [6.07, 6.45) is 4.02. The minimum absolute atomic E-state index is 0.00145. The van der Waals surface area contributed by atoms with E-state index in [4.69, 9.17) is 5.73 Å². The second-order valence-electron chi connectivity index (χ2n) is 6.12. The molecule has 2 N–H and O–H groups in total. The normalized spacial score (nSPS) is 31.9. The second kappa shape index (κ2) is 6.08. The van der Waals surface area contributed by atoms with Crippen LogP contribution in [0.25, 0.3) is 0 Å². The zero-order valence-corrected chi connectivity index (χ0v) is 12.9. The van der Waals surface area contributed by atoms with E-state index in [1.54, 1.807) is 8.61 Å². The van der Waals surface area contributed by atoms with Gasteiger partial charge in [-0.2, -0.15) is 17.0 Å². The first-order valence-electron chi connectivity index (χ1n) is 7.46. The molecule has 0 bridgehead atoms. The van der Waals surface area contributed by atoms with E-state index in [0.717, 1.165) is 25.7 Å². The van der Waals surface area contributed by atoms with Gasteiger partial charge in [-0.3, -0.25) is 0 Å². The topological polar surface area (TPSA) is 66.6 Å². The minimum atomic E-state index is -3.28. The molecule has 0 aromatic heterocycles. The molecular formula is C13H27N3O2S. The standard InChI is InChI=1S/C13H27N3O2S/c1-3-4-12-9-16(10-13(12)14)19(17,18)15-7-5-11(2)6-8-15/h11-13H,3-10,14H2,1-2H3/t12-,13-/m0/s1. The summed E-state index contributed by atoms with van der Waals surface area (Å²) in [6, 6.07) is -0.00145. The molecule has 0 radical (unpaired) electrons. The van der Waals surface area contributed by atoms with Crippen LogP contribution >= 0.6 is 0 Å². The summed E-state index contributed by atoms with van der Waals surface area (Å²) in [5.41, 5.74) is 6.08. The molecule has 112 valence electrons. The summed E-state index contributed by atoms with van der Waals surface area (Å²) < 4.78 is 28.4. The van der Waals surface area contributed by atoms with E-state index in [9.17, 15) is 8.42 Å². The summed E-state index contributed by atoms with van der Waals surface area (Å²) in [5, 5.41) is 0. The van der Waals surface area contributed by atoms with Crippen molar-refractivity contribution >= 4 is 10.2 Å². The number of piperidine rings is 1. The highest BCUT2D eigenvalue weighted by Gasteiger charge is 2.39. The van der Waals surface area contributed by atoms with E-state index in [1.807, 2.05) is 0 Å². The van der Waals surface area contributed by atoms with E-state index in [2.05, 4.69) is 13.8 Å². The van der Waals surface area contributed by atoms with Crippen molar-refractivity contribution in [3.63, 3.8) is 0 Å². The monoisotopic (exact) mass is 289 g/mol. The molecule has 0 aliphatic carbocycles. The first-order chi connectivity index (χ1) is 8.95. The lowest BCUT2D eigenvalue weighted by atomic mass is 9.99. The van der Waals surface area contributed by atoms with Crippen molar-refractivity contribution in [2.24, 2.45) is 17.6 Å². The fourth-order valence-corrected chi connectivity index (χ4v) is 4.84. The van der Waals surface area contributed by atoms with Gasteiger partial charge < -0.3 is 5.73 Å². The summed E-state index contributed by atoms with van der Waals surface area (Å²) in [6.45, 7) is 6.72. The molecule has 2 fully saturated rings. The third-order valence-electron chi connectivity index (χ3n) is 4.51. The Hall–Kier alpha value is -0.170. The fourth-order valence-electron chi connectivity index (χ4n) is 3.10. The van der Waals surface area contributed by atoms with Crippen LogP contribution in [0.2, 0.25) is 0 Å². The first kappa shape index (κ1) is 15.2. The van der Waals surface area contributed by atoms with Crippen molar-refractivity contribution in [1.29, 1.82) is 0 Å². The quantitative estimate of drug-likeness (QED) is 0.840. The number of hydrogen-bond donors (Lipinski definition) is 1. The van der Waals surface area contributed by atoms with Gasteiger partial charge in [-0.1, -0.05) is 20.3 Å². The summed E-state index contributed by atoms with van der Waals surface area (Å²) in [7, 11) is -3.28. The average molecular weight is 289 g/mol. The van der Waals surface area contributed by atoms with Crippen LogP contribution in [0.15, 0.2) is 0 Å². The lowest BCUT2D eigenvalue weighted by Gasteiger charge is -2.32. The smallest absolute Gasteiger partial charge is 0.282 e. The Morgan fingerprint density at radius 2 is 1.79 bits per heavy atom. The number of hydrogen-bond acceptors (Lipinski definition) is 3. The van der Waals surface area contributed by atoms with E-state index < -0.39 is 10.2 Å². The van der Waals surface area contributed by atoms with Gasteiger partial charge in [-0.25, -0.2) is 0 Å². The molecule has 2 heterocycles. The average Bonchev–Trinajstić information content (AvgIpc) is 2.73. The predicted molar refractivity (Wildman–Crippen MR) is 76.8 cm³/mol. The van der Waals surface area contributed by atoms with Gasteiger partial charge in [0, 0.05) is 32.2 Å². The van der Waals surface area contributed by atoms with Gasteiger partial charge in [0.25, 0.3) is 10.2 Å². The van der Waals surface area contributed by atoms with E-state index >= 15 is 0 Å². The van der Waals surface area contributed by atoms with Crippen molar-refractivity contribution in [3.8, 4) is 0 Å². The van der Waals surface area contributed by atoms with Crippen molar-refractivity contribution in [3.05, 3.63) is 0 Å². The first-order valence-corrected chi connectivity index (χ1v) is 8.85. The molecule has 0 unspecified atom stereocenters. The molecule has 2 atom stereocenters. The lowest BCUT2D eigenvalue weighted by molar-refractivity contribution is 0.269. The number of rotatable bonds is 4. The highest BCUT2D eigenvalue weighted by molar-refractivity contribution is 7.86. The van der Waals surface area contributed by atoms with Gasteiger partial charge in [0.2, 0.25) is 0 Å². The molecule has 2 rings (SSSR count). The van der Waals surface area contributed by atoms with Crippen molar-refractivity contribution < 1.29 is 8.42 Å². The van der Waals surface area contributed by atoms with Gasteiger partial charge >= 0.3 is 0 Å². The Morgan fingerprint density at radius 1 is 1.16 bits per heavy atom. The Labute approximate surface area is 117 Å². The molecule has 0 saturated carbocycles. The van der Waals surface area contributed by atoms with Gasteiger partial charge in [-0.05, 0) is 31.1 Å². The maximum Gasteiger partial charge on any atom is 0.282 e. The molecule has 19 heavy (non-hydrogen) atoms. The SMILES string of the molecule is CCC[C@H]1CN(S(=O)(=O)N2CCC(C)CC2)C[C@@H]1N. The third kappa shape index (κ3) is 3.29. The van der Waals surface area contributed by atoms with Gasteiger partial charge in [0.15, 0.2) is 0 Å². The number of nitrogens with zero attached hydrogens (tertiary/aromatic N) is 2. The molecule has 2 aliphatic heterocycles. The van der Waals surface area contributed by atoms with Gasteiger partial charge in [-0.15, -0.1) is 0 Å². The van der Waals surface area contributed by atoms with E-state index in [-0.39, 0.29) is 6.04 Å². The maximum absolute atomic E-state index is 12.6. The molecule has 0 amide bonds. The maximum atomic E-state index is 12.6. The van der Waals surface area contributed by atoms with Gasteiger partial charge in [0.05, 0.1) is 0 Å². The Bertz CT molecular complexity index is 391. The summed E-state index contributed by atoms with van der Waals surface area (Å²) >= 11 is 0. The van der Waals surface area contributed by atoms with Crippen LogP contribution in [0.4, 0.5) is 0 Å². The van der Waals surface area contributed by atoms with Crippen LogP contribution < -0.4 is 5.73 Å². The Balaban J connectivity index is 2.01. The highest BCUT2D eigenvalue weighted by atomic mass is 32.2. The lowest BCUT2D eigenvalue weighted by Crippen LogP contribution is -2.46. The van der Waals surface area contributed by atoms with Crippen LogP contribution in [-0.4, -0.2) is 49.2 Å². The molecule has 0 spiro atoms. The summed E-state index contributed by atoms with van der Waals surface area (Å²) in [4.78, 5) is 0. The van der Waals surface area contributed by atoms with Crippen molar-refractivity contribution in [2.45, 2.75) is 45.6 Å². The van der Waals surface area contributed by atoms with E-state index in [0.29, 0.717) is 38.0 Å². The largest absolute Gasteiger partial charge is 0.326 e. The fraction of sp³-hybridized carbons (Fsp3) is 1.00. The van der Waals surface area contributed by atoms with E-state index in [1.165, 1.54) is 0 Å². The van der Waals surface area contributed by atoms with Gasteiger partial charge in [0.1, 0.15) is 0 Å². The van der Waals surface area contributed by atoms with Crippen LogP contribution in [0.1, 0.15) is 39.5 Å². The second-order valence-corrected chi connectivity index (χ2v) is 8.05. The van der Waals surface area contributed by atoms with Crippen LogP contribution in [0.3, 0.4) is 0 Å². The zero-order chi connectivity index (χ0) is 14.0. The third-order valence-corrected chi connectivity index (χ3v) is 6.48. The Morgan fingerprint density at radius 3 is 2.37 bits per heavy atom. The van der Waals surface area contributed by atoms with Crippen molar-refractivity contribution in [1.82, 2.24) is 8.61 Å². The van der Waals surface area contributed by atoms with Crippen molar-refractivity contribution in [2.75, 3.05) is 26.2 Å². The Kier molecular flexibility index (Phi) is 4.87. The zero-order valence-electron chi connectivity index (χ0n) is 12.1. The minimum Gasteiger partial charge on any atom is -0.326 e. The molecule has 2 aliphatic rings. The predicted octanol–water partition coefficient (Wildman–Crippen LogP) is 1.02. The summed E-state index contributed by atoms with van der Waals surface area (Å²) in [5.74, 6) is 0.962. The van der Waals surface area contributed by atoms with Crippen LogP contribution in [0.5, 0.6) is 0 Å².